The van der Waals surface area contributed by atoms with Crippen LogP contribution < -0.4 is 9.47 Å². The molecule has 110 valence electrons. The lowest BCUT2D eigenvalue weighted by Crippen LogP contribution is -2.10. The molecule has 0 aromatic heterocycles. The zero-order valence-corrected chi connectivity index (χ0v) is 12.4. The van der Waals surface area contributed by atoms with E-state index >= 15 is 0 Å². The van der Waals surface area contributed by atoms with Crippen molar-refractivity contribution in [3.05, 3.63) is 59.7 Å². The van der Waals surface area contributed by atoms with E-state index in [1.54, 1.807) is 18.2 Å². The molecule has 0 spiro atoms. The minimum atomic E-state index is 0.423. The van der Waals surface area contributed by atoms with Crippen molar-refractivity contribution in [2.24, 2.45) is 0 Å². The number of rotatable bonds is 7. The highest BCUT2D eigenvalue weighted by Crippen LogP contribution is 2.25. The molecule has 0 amide bonds. The lowest BCUT2D eigenvalue weighted by atomic mass is 10.0. The first-order valence-corrected chi connectivity index (χ1v) is 7.10. The fraction of sp³-hybridized carbons (Fsp3) is 0.278. The first-order chi connectivity index (χ1) is 10.2. The van der Waals surface area contributed by atoms with Crippen molar-refractivity contribution in [1.82, 2.24) is 0 Å². The summed E-state index contributed by atoms with van der Waals surface area (Å²) in [5.41, 5.74) is 1.80. The molecule has 0 unspecified atom stereocenters. The summed E-state index contributed by atoms with van der Waals surface area (Å²) in [6, 6.07) is 15.1. The molecule has 0 radical (unpaired) electrons. The van der Waals surface area contributed by atoms with Gasteiger partial charge in [0, 0.05) is 5.56 Å². The molecule has 21 heavy (non-hydrogen) atoms. The van der Waals surface area contributed by atoms with Crippen LogP contribution in [0.4, 0.5) is 0 Å². The van der Waals surface area contributed by atoms with E-state index in [1.165, 1.54) is 5.56 Å². The average molecular weight is 284 g/mol. The first-order valence-electron chi connectivity index (χ1n) is 7.10. The molecule has 0 bridgehead atoms. The maximum absolute atomic E-state index is 10.7. The number of aldehydes is 1. The van der Waals surface area contributed by atoms with Crippen molar-refractivity contribution in [2.45, 2.75) is 19.8 Å². The molecular formula is C18H20O3. The van der Waals surface area contributed by atoms with Crippen LogP contribution in [0.1, 0.15) is 35.7 Å². The van der Waals surface area contributed by atoms with Crippen LogP contribution in [0.25, 0.3) is 0 Å². The SMILES string of the molecule is CC(C)c1ccccc1OCCOc1cccc(C=O)c1. The average Bonchev–Trinajstić information content (AvgIpc) is 2.52. The van der Waals surface area contributed by atoms with E-state index in [9.17, 15) is 4.79 Å². The molecule has 0 heterocycles. The Labute approximate surface area is 125 Å². The van der Waals surface area contributed by atoms with Gasteiger partial charge in [-0.3, -0.25) is 4.79 Å². The third-order valence-corrected chi connectivity index (χ3v) is 3.14. The summed E-state index contributed by atoms with van der Waals surface area (Å²) in [4.78, 5) is 10.7. The van der Waals surface area contributed by atoms with E-state index < -0.39 is 0 Å². The number of hydrogen-bond acceptors (Lipinski definition) is 3. The molecule has 0 N–H and O–H groups in total. The third kappa shape index (κ3) is 4.35. The summed E-state index contributed by atoms with van der Waals surface area (Å²) in [7, 11) is 0. The van der Waals surface area contributed by atoms with Gasteiger partial charge in [0.25, 0.3) is 0 Å². The molecule has 0 aliphatic carbocycles. The summed E-state index contributed by atoms with van der Waals surface area (Å²) in [5, 5.41) is 0. The van der Waals surface area contributed by atoms with E-state index in [2.05, 4.69) is 19.9 Å². The molecule has 3 heteroatoms. The quantitative estimate of drug-likeness (QED) is 0.567. The summed E-state index contributed by atoms with van der Waals surface area (Å²) in [5.74, 6) is 2.00. The fourth-order valence-electron chi connectivity index (χ4n) is 2.08. The van der Waals surface area contributed by atoms with Crippen LogP contribution in [0, 0.1) is 0 Å². The Morgan fingerprint density at radius 1 is 1.00 bits per heavy atom. The molecule has 3 nitrogen and oxygen atoms in total. The van der Waals surface area contributed by atoms with E-state index in [1.807, 2.05) is 24.3 Å². The van der Waals surface area contributed by atoms with Gasteiger partial charge in [-0.2, -0.15) is 0 Å². The van der Waals surface area contributed by atoms with Gasteiger partial charge in [0.15, 0.2) is 0 Å². The Hall–Kier alpha value is -2.29. The van der Waals surface area contributed by atoms with E-state index in [0.717, 1.165) is 12.0 Å². The van der Waals surface area contributed by atoms with Crippen molar-refractivity contribution in [2.75, 3.05) is 13.2 Å². The third-order valence-electron chi connectivity index (χ3n) is 3.14. The highest BCUT2D eigenvalue weighted by atomic mass is 16.5. The van der Waals surface area contributed by atoms with Crippen LogP contribution in [0.3, 0.4) is 0 Å². The van der Waals surface area contributed by atoms with Crippen LogP contribution >= 0.6 is 0 Å². The van der Waals surface area contributed by atoms with Gasteiger partial charge in [0.1, 0.15) is 31.0 Å². The monoisotopic (exact) mass is 284 g/mol. The molecule has 0 aliphatic heterocycles. The zero-order chi connectivity index (χ0) is 15.1. The molecule has 2 aromatic rings. The topological polar surface area (TPSA) is 35.5 Å². The van der Waals surface area contributed by atoms with Crippen LogP contribution in [0.5, 0.6) is 11.5 Å². The second kappa shape index (κ2) is 7.48. The largest absolute Gasteiger partial charge is 0.490 e. The molecule has 0 fully saturated rings. The summed E-state index contributed by atoms with van der Waals surface area (Å²) in [6.45, 7) is 5.19. The Balaban J connectivity index is 1.86. The molecule has 2 rings (SSSR count). The smallest absolute Gasteiger partial charge is 0.150 e. The molecule has 0 atom stereocenters. The lowest BCUT2D eigenvalue weighted by Gasteiger charge is -2.14. The predicted octanol–water partition coefficient (Wildman–Crippen LogP) is 4.08. The summed E-state index contributed by atoms with van der Waals surface area (Å²) < 4.78 is 11.4. The van der Waals surface area contributed by atoms with Gasteiger partial charge in [-0.15, -0.1) is 0 Å². The molecule has 0 saturated heterocycles. The predicted molar refractivity (Wildman–Crippen MR) is 83.4 cm³/mol. The van der Waals surface area contributed by atoms with Crippen LogP contribution in [0.2, 0.25) is 0 Å². The van der Waals surface area contributed by atoms with Gasteiger partial charge >= 0.3 is 0 Å². The van der Waals surface area contributed by atoms with Crippen LogP contribution in [0.15, 0.2) is 48.5 Å². The fourth-order valence-corrected chi connectivity index (χ4v) is 2.08. The van der Waals surface area contributed by atoms with E-state index in [-0.39, 0.29) is 0 Å². The summed E-state index contributed by atoms with van der Waals surface area (Å²) >= 11 is 0. The maximum atomic E-state index is 10.7. The Kier molecular flexibility index (Phi) is 5.38. The number of carbonyl (C=O) groups excluding carboxylic acids is 1. The van der Waals surface area contributed by atoms with Crippen molar-refractivity contribution in [3.8, 4) is 11.5 Å². The van der Waals surface area contributed by atoms with Gasteiger partial charge in [0.2, 0.25) is 0 Å². The number of benzene rings is 2. The number of carbonyl (C=O) groups is 1. The van der Waals surface area contributed by atoms with Crippen molar-refractivity contribution < 1.29 is 14.3 Å². The van der Waals surface area contributed by atoms with E-state index in [0.29, 0.717) is 30.4 Å². The van der Waals surface area contributed by atoms with Crippen molar-refractivity contribution in [3.63, 3.8) is 0 Å². The van der Waals surface area contributed by atoms with Crippen molar-refractivity contribution >= 4 is 6.29 Å². The van der Waals surface area contributed by atoms with Crippen LogP contribution in [-0.2, 0) is 0 Å². The molecular weight excluding hydrogens is 264 g/mol. The highest BCUT2D eigenvalue weighted by molar-refractivity contribution is 5.75. The molecule has 2 aromatic carbocycles. The number of para-hydroxylation sites is 1. The molecule has 0 saturated carbocycles. The van der Waals surface area contributed by atoms with Crippen molar-refractivity contribution in [1.29, 1.82) is 0 Å². The van der Waals surface area contributed by atoms with Gasteiger partial charge in [-0.05, 0) is 29.7 Å². The van der Waals surface area contributed by atoms with Gasteiger partial charge in [-0.1, -0.05) is 44.2 Å². The van der Waals surface area contributed by atoms with Gasteiger partial charge in [-0.25, -0.2) is 0 Å². The minimum Gasteiger partial charge on any atom is -0.490 e. The standard InChI is InChI=1S/C18H20O3/c1-14(2)17-8-3-4-9-18(17)21-11-10-20-16-7-5-6-15(12-16)13-19/h3-9,12-14H,10-11H2,1-2H3. The second-order valence-electron chi connectivity index (χ2n) is 5.08. The molecule has 0 aliphatic rings. The van der Waals surface area contributed by atoms with E-state index in [4.69, 9.17) is 9.47 Å². The first kappa shape index (κ1) is 15.1. The Morgan fingerprint density at radius 2 is 1.76 bits per heavy atom. The second-order valence-corrected chi connectivity index (χ2v) is 5.08. The summed E-state index contributed by atoms with van der Waals surface area (Å²) in [6.07, 6.45) is 0.808. The zero-order valence-electron chi connectivity index (χ0n) is 12.4. The minimum absolute atomic E-state index is 0.423. The number of ether oxygens (including phenoxy) is 2. The van der Waals surface area contributed by atoms with Gasteiger partial charge in [0.05, 0.1) is 0 Å². The van der Waals surface area contributed by atoms with Crippen LogP contribution in [-0.4, -0.2) is 19.5 Å². The van der Waals surface area contributed by atoms with Gasteiger partial charge < -0.3 is 9.47 Å². The number of hydrogen-bond donors (Lipinski definition) is 0. The highest BCUT2D eigenvalue weighted by Gasteiger charge is 2.06. The lowest BCUT2D eigenvalue weighted by molar-refractivity contribution is 0.112. The maximum Gasteiger partial charge on any atom is 0.150 e. The Morgan fingerprint density at radius 3 is 2.52 bits per heavy atom. The Bertz CT molecular complexity index is 591. The normalized spacial score (nSPS) is 10.4.